The lowest BCUT2D eigenvalue weighted by molar-refractivity contribution is -0.130. The predicted molar refractivity (Wildman–Crippen MR) is 106 cm³/mol. The third-order valence-corrected chi connectivity index (χ3v) is 5.15. The van der Waals surface area contributed by atoms with Gasteiger partial charge in [-0.25, -0.2) is 4.79 Å². The topological polar surface area (TPSA) is 39.2 Å². The minimum absolute atomic E-state index is 0.313. The van der Waals surface area contributed by atoms with Crippen LogP contribution in [0.2, 0.25) is 0 Å². The molecular formula is C24H17NO2. The van der Waals surface area contributed by atoms with Crippen molar-refractivity contribution >= 4 is 17.3 Å². The number of carbonyl (C=O) groups is 1. The zero-order valence-corrected chi connectivity index (χ0v) is 15.1. The molecule has 0 bridgehead atoms. The molecule has 27 heavy (non-hydrogen) atoms. The van der Waals surface area contributed by atoms with Crippen molar-refractivity contribution in [3.63, 3.8) is 0 Å². The molecule has 0 fully saturated rings. The number of hydrogen-bond donors (Lipinski definition) is 0. The number of ether oxygens (including phenoxy) is 1. The van der Waals surface area contributed by atoms with E-state index in [0.29, 0.717) is 11.3 Å². The molecule has 3 nitrogen and oxygen atoms in total. The number of carbonyl (C=O) groups excluding carboxylic acids is 1. The number of hydrogen-bond acceptors (Lipinski definition) is 3. The standard InChI is InChI=1S/C24H17NO2/c1-14-9-10-15(2)19(12-14)21-13-20(24(26)27-21)22-16-6-3-4-7-17(16)23-18(22)8-5-11-25-23/h3-13H,1-2H3. The van der Waals surface area contributed by atoms with Crippen molar-refractivity contribution in [1.82, 2.24) is 4.98 Å². The summed E-state index contributed by atoms with van der Waals surface area (Å²) in [5.74, 6) is 0.297. The van der Waals surface area contributed by atoms with Crippen LogP contribution in [0.3, 0.4) is 0 Å². The average Bonchev–Trinajstić information content (AvgIpc) is 3.21. The second-order valence-electron chi connectivity index (χ2n) is 6.95. The van der Waals surface area contributed by atoms with Crippen molar-refractivity contribution in [2.75, 3.05) is 0 Å². The Morgan fingerprint density at radius 1 is 0.852 bits per heavy atom. The van der Waals surface area contributed by atoms with Crippen LogP contribution in [0, 0.1) is 13.8 Å². The minimum Gasteiger partial charge on any atom is -0.422 e. The molecule has 2 heterocycles. The van der Waals surface area contributed by atoms with E-state index in [4.69, 9.17) is 4.74 Å². The second-order valence-corrected chi connectivity index (χ2v) is 6.95. The lowest BCUT2D eigenvalue weighted by Gasteiger charge is -2.07. The summed E-state index contributed by atoms with van der Waals surface area (Å²) in [5.41, 5.74) is 8.63. The average molecular weight is 351 g/mol. The first-order chi connectivity index (χ1) is 13.1. The summed E-state index contributed by atoms with van der Waals surface area (Å²) in [5, 5.41) is 0. The Morgan fingerprint density at radius 2 is 1.63 bits per heavy atom. The number of aryl methyl sites for hydroxylation is 2. The zero-order chi connectivity index (χ0) is 18.5. The molecular weight excluding hydrogens is 334 g/mol. The molecule has 1 aliphatic carbocycles. The van der Waals surface area contributed by atoms with E-state index < -0.39 is 0 Å². The van der Waals surface area contributed by atoms with Crippen LogP contribution >= 0.6 is 0 Å². The van der Waals surface area contributed by atoms with E-state index in [2.05, 4.69) is 23.2 Å². The summed E-state index contributed by atoms with van der Waals surface area (Å²) in [6.07, 6.45) is 3.66. The van der Waals surface area contributed by atoms with Crippen LogP contribution in [-0.2, 0) is 9.53 Å². The van der Waals surface area contributed by atoms with E-state index in [1.165, 1.54) is 0 Å². The highest BCUT2D eigenvalue weighted by Crippen LogP contribution is 2.46. The van der Waals surface area contributed by atoms with Crippen LogP contribution in [0.4, 0.5) is 0 Å². The first-order valence-corrected chi connectivity index (χ1v) is 8.94. The molecule has 0 radical (unpaired) electrons. The van der Waals surface area contributed by atoms with Crippen molar-refractivity contribution < 1.29 is 9.53 Å². The molecule has 3 aromatic rings. The molecule has 0 N–H and O–H groups in total. The van der Waals surface area contributed by atoms with E-state index in [1.807, 2.05) is 56.3 Å². The van der Waals surface area contributed by atoms with Crippen LogP contribution in [0.5, 0.6) is 0 Å². The molecule has 0 spiro atoms. The zero-order valence-electron chi connectivity index (χ0n) is 15.1. The molecule has 0 unspecified atom stereocenters. The van der Waals surface area contributed by atoms with Crippen LogP contribution in [0.1, 0.15) is 27.8 Å². The molecule has 0 atom stereocenters. The first-order valence-electron chi connectivity index (χ1n) is 8.94. The highest BCUT2D eigenvalue weighted by Gasteiger charge is 2.32. The number of cyclic esters (lactones) is 1. The Balaban J connectivity index is 1.76. The minimum atomic E-state index is -0.313. The molecule has 2 aliphatic rings. The normalized spacial score (nSPS) is 17.4. The number of nitrogens with zero attached hydrogens (tertiary/aromatic N) is 1. The summed E-state index contributed by atoms with van der Waals surface area (Å²) in [6.45, 7) is 4.06. The van der Waals surface area contributed by atoms with Crippen LogP contribution in [0.15, 0.2) is 72.4 Å². The Bertz CT molecular complexity index is 1140. The fraction of sp³-hybridized carbons (Fsp3) is 0.0833. The number of esters is 1. The SMILES string of the molecule is Cc1ccc(C)c(C2=CC(=C3c4ccccc4-c4ncccc43)C(=O)O2)c1. The van der Waals surface area contributed by atoms with E-state index in [0.717, 1.165) is 44.6 Å². The van der Waals surface area contributed by atoms with E-state index in [9.17, 15) is 4.79 Å². The van der Waals surface area contributed by atoms with Gasteiger partial charge < -0.3 is 4.74 Å². The van der Waals surface area contributed by atoms with Crippen molar-refractivity contribution in [3.8, 4) is 11.3 Å². The lowest BCUT2D eigenvalue weighted by Crippen LogP contribution is -2.01. The maximum Gasteiger partial charge on any atom is 0.344 e. The molecule has 2 aromatic carbocycles. The maximum atomic E-state index is 12.8. The number of pyridine rings is 1. The van der Waals surface area contributed by atoms with Gasteiger partial charge in [-0.1, -0.05) is 48.0 Å². The Hall–Kier alpha value is -3.46. The van der Waals surface area contributed by atoms with Gasteiger partial charge in [-0.3, -0.25) is 4.98 Å². The van der Waals surface area contributed by atoms with Crippen molar-refractivity contribution in [2.45, 2.75) is 13.8 Å². The fourth-order valence-electron chi connectivity index (χ4n) is 3.85. The van der Waals surface area contributed by atoms with Gasteiger partial charge in [0.25, 0.3) is 0 Å². The molecule has 0 amide bonds. The Kier molecular flexibility index (Phi) is 3.37. The van der Waals surface area contributed by atoms with E-state index >= 15 is 0 Å². The van der Waals surface area contributed by atoms with Gasteiger partial charge in [-0.15, -0.1) is 0 Å². The van der Waals surface area contributed by atoms with Gasteiger partial charge in [0.05, 0.1) is 11.3 Å². The number of aromatic nitrogens is 1. The van der Waals surface area contributed by atoms with Gasteiger partial charge in [0.2, 0.25) is 0 Å². The Labute approximate surface area is 157 Å². The van der Waals surface area contributed by atoms with Crippen LogP contribution in [-0.4, -0.2) is 11.0 Å². The molecule has 3 heteroatoms. The smallest absolute Gasteiger partial charge is 0.344 e. The third kappa shape index (κ3) is 2.36. The van der Waals surface area contributed by atoms with Gasteiger partial charge >= 0.3 is 5.97 Å². The quantitative estimate of drug-likeness (QED) is 0.355. The largest absolute Gasteiger partial charge is 0.422 e. The molecule has 5 rings (SSSR count). The molecule has 0 saturated heterocycles. The van der Waals surface area contributed by atoms with Gasteiger partial charge in [0, 0.05) is 28.5 Å². The fourth-order valence-corrected chi connectivity index (χ4v) is 3.85. The third-order valence-electron chi connectivity index (χ3n) is 5.15. The summed E-state index contributed by atoms with van der Waals surface area (Å²) >= 11 is 0. The van der Waals surface area contributed by atoms with E-state index in [-0.39, 0.29) is 5.97 Å². The molecule has 1 aromatic heterocycles. The monoisotopic (exact) mass is 351 g/mol. The van der Waals surface area contributed by atoms with Crippen LogP contribution < -0.4 is 0 Å². The highest BCUT2D eigenvalue weighted by molar-refractivity contribution is 6.14. The predicted octanol–water partition coefficient (Wildman–Crippen LogP) is 5.08. The van der Waals surface area contributed by atoms with Gasteiger partial charge in [0.15, 0.2) is 0 Å². The van der Waals surface area contributed by atoms with E-state index in [1.54, 1.807) is 6.20 Å². The summed E-state index contributed by atoms with van der Waals surface area (Å²) in [4.78, 5) is 17.4. The summed E-state index contributed by atoms with van der Waals surface area (Å²) in [6, 6.07) is 18.2. The number of benzene rings is 2. The van der Waals surface area contributed by atoms with Gasteiger partial charge in [0.1, 0.15) is 5.76 Å². The first kappa shape index (κ1) is 15.8. The second kappa shape index (κ2) is 5.78. The summed E-state index contributed by atoms with van der Waals surface area (Å²) in [7, 11) is 0. The molecule has 130 valence electrons. The van der Waals surface area contributed by atoms with Crippen LogP contribution in [0.25, 0.3) is 22.6 Å². The van der Waals surface area contributed by atoms with Gasteiger partial charge in [-0.05, 0) is 43.2 Å². The lowest BCUT2D eigenvalue weighted by atomic mass is 9.97. The highest BCUT2D eigenvalue weighted by atomic mass is 16.5. The van der Waals surface area contributed by atoms with Crippen molar-refractivity contribution in [1.29, 1.82) is 0 Å². The number of rotatable bonds is 1. The van der Waals surface area contributed by atoms with Gasteiger partial charge in [-0.2, -0.15) is 0 Å². The number of fused-ring (bicyclic) bond motifs is 3. The van der Waals surface area contributed by atoms with Crippen molar-refractivity contribution in [3.05, 3.63) is 100 Å². The Morgan fingerprint density at radius 3 is 2.48 bits per heavy atom. The summed E-state index contributed by atoms with van der Waals surface area (Å²) < 4.78 is 5.68. The molecule has 0 saturated carbocycles. The maximum absolute atomic E-state index is 12.8. The molecule has 1 aliphatic heterocycles. The van der Waals surface area contributed by atoms with Crippen molar-refractivity contribution in [2.24, 2.45) is 0 Å².